The average Bonchev–Trinajstić information content (AvgIpc) is 2.53. The number of phenols is 1. The molecule has 0 saturated heterocycles. The summed E-state index contributed by atoms with van der Waals surface area (Å²) < 4.78 is 10.5. The van der Waals surface area contributed by atoms with E-state index in [2.05, 4.69) is 0 Å². The van der Waals surface area contributed by atoms with E-state index in [1.807, 2.05) is 6.07 Å². The van der Waals surface area contributed by atoms with Gasteiger partial charge in [-0.05, 0) is 44.9 Å². The predicted octanol–water partition coefficient (Wildman–Crippen LogP) is 3.31. The van der Waals surface area contributed by atoms with Crippen LogP contribution in [0.4, 0.5) is 0 Å². The second kappa shape index (κ2) is 7.08. The Morgan fingerprint density at radius 2 is 2.12 bits per heavy atom. The fourth-order valence-electron chi connectivity index (χ4n) is 2.96. The maximum Gasteiger partial charge on any atom is 0.338 e. The number of nitrogens with two attached hydrogens (primary N) is 1. The number of ether oxygens (including phenoxy) is 2. The Hall–Kier alpha value is -2.65. The first-order valence-corrected chi connectivity index (χ1v) is 8.06. The zero-order chi connectivity index (χ0) is 18.9. The molecule has 25 heavy (non-hydrogen) atoms. The Balaban J connectivity index is 2.81. The average molecular weight is 363 g/mol. The molecule has 3 N–H and O–H groups in total. The lowest BCUT2D eigenvalue weighted by molar-refractivity contribution is -0.139. The van der Waals surface area contributed by atoms with E-state index in [-0.39, 0.29) is 35.1 Å². The number of aryl methyl sites for hydroxylation is 1. The van der Waals surface area contributed by atoms with Crippen LogP contribution in [0.2, 0.25) is 5.02 Å². The molecule has 0 saturated carbocycles. The number of esters is 1. The molecule has 7 heteroatoms. The van der Waals surface area contributed by atoms with Crippen molar-refractivity contribution in [3.05, 3.63) is 50.6 Å². The molecule has 0 radical (unpaired) electrons. The van der Waals surface area contributed by atoms with Gasteiger partial charge in [0.1, 0.15) is 23.2 Å². The molecule has 0 bridgehead atoms. The van der Waals surface area contributed by atoms with Gasteiger partial charge >= 0.3 is 5.97 Å². The number of allylic oxidation sites excluding steroid dienone is 2. The van der Waals surface area contributed by atoms with Crippen molar-refractivity contribution in [3.63, 3.8) is 0 Å². The van der Waals surface area contributed by atoms with Gasteiger partial charge in [-0.25, -0.2) is 4.79 Å². The highest BCUT2D eigenvalue weighted by atomic mass is 35.5. The lowest BCUT2D eigenvalue weighted by Crippen LogP contribution is -2.26. The first-order chi connectivity index (χ1) is 11.7. The van der Waals surface area contributed by atoms with Crippen molar-refractivity contribution in [3.8, 4) is 11.8 Å². The van der Waals surface area contributed by atoms with Gasteiger partial charge in [0.25, 0.3) is 0 Å². The fourth-order valence-corrected chi connectivity index (χ4v) is 3.12. The van der Waals surface area contributed by atoms with Crippen molar-refractivity contribution in [2.24, 2.45) is 5.73 Å². The third-order valence-electron chi connectivity index (χ3n) is 4.10. The van der Waals surface area contributed by atoms with Crippen molar-refractivity contribution in [2.45, 2.75) is 33.6 Å². The Kier molecular flexibility index (Phi) is 5.29. The molecule has 1 atom stereocenters. The van der Waals surface area contributed by atoms with Crippen LogP contribution in [0.1, 0.15) is 36.5 Å². The highest BCUT2D eigenvalue weighted by Crippen LogP contribution is 2.46. The van der Waals surface area contributed by atoms with E-state index in [0.717, 1.165) is 0 Å². The Morgan fingerprint density at radius 1 is 1.48 bits per heavy atom. The van der Waals surface area contributed by atoms with Crippen LogP contribution in [0.5, 0.6) is 5.75 Å². The number of phenolic OH excluding ortho intramolecular Hbond substituents is 1. The fraction of sp³-hybridized carbons (Fsp3) is 0.333. The maximum absolute atomic E-state index is 12.5. The zero-order valence-electron chi connectivity index (χ0n) is 14.4. The molecule has 6 nitrogen and oxygen atoms in total. The van der Waals surface area contributed by atoms with Gasteiger partial charge in [-0.3, -0.25) is 0 Å². The molecule has 1 unspecified atom stereocenters. The summed E-state index contributed by atoms with van der Waals surface area (Å²) in [5, 5.41) is 20.5. The summed E-state index contributed by atoms with van der Waals surface area (Å²) in [5.41, 5.74) is 7.56. The van der Waals surface area contributed by atoms with Crippen LogP contribution in [0.3, 0.4) is 0 Å². The Labute approximate surface area is 151 Å². The lowest BCUT2D eigenvalue weighted by atomic mass is 9.80. The SMILES string of the molecule is CCOC(=O)C1=C(C)OC(N)=C(C#N)C1c1c(O)cc(C)c(Cl)c1C. The van der Waals surface area contributed by atoms with Crippen LogP contribution in [0, 0.1) is 25.2 Å². The first kappa shape index (κ1) is 18.7. The van der Waals surface area contributed by atoms with E-state index in [4.69, 9.17) is 26.8 Å². The number of halogens is 1. The molecule has 1 aromatic carbocycles. The van der Waals surface area contributed by atoms with Gasteiger partial charge in [0.15, 0.2) is 0 Å². The standard InChI is InChI=1S/C18H19ClN2O4/c1-5-24-18(23)14-10(4)25-17(21)11(7-20)15(14)13-9(3)16(19)8(2)6-12(13)22/h6,15,22H,5,21H2,1-4H3. The van der Waals surface area contributed by atoms with Gasteiger partial charge in [-0.2, -0.15) is 5.26 Å². The zero-order valence-corrected chi connectivity index (χ0v) is 15.2. The van der Waals surface area contributed by atoms with Gasteiger partial charge in [0.05, 0.1) is 18.1 Å². The van der Waals surface area contributed by atoms with Crippen LogP contribution in [-0.2, 0) is 14.3 Å². The molecule has 0 fully saturated rings. The van der Waals surface area contributed by atoms with Crippen molar-refractivity contribution < 1.29 is 19.4 Å². The summed E-state index contributed by atoms with van der Waals surface area (Å²) in [6, 6.07) is 3.46. The number of carbonyl (C=O) groups is 1. The van der Waals surface area contributed by atoms with E-state index in [0.29, 0.717) is 21.7 Å². The molecule has 0 spiro atoms. The summed E-state index contributed by atoms with van der Waals surface area (Å²) in [7, 11) is 0. The lowest BCUT2D eigenvalue weighted by Gasteiger charge is -2.28. The molecule has 1 aliphatic rings. The van der Waals surface area contributed by atoms with Crippen LogP contribution in [-0.4, -0.2) is 17.7 Å². The minimum Gasteiger partial charge on any atom is -0.508 e. The summed E-state index contributed by atoms with van der Waals surface area (Å²) in [4.78, 5) is 12.5. The van der Waals surface area contributed by atoms with E-state index in [1.165, 1.54) is 6.07 Å². The summed E-state index contributed by atoms with van der Waals surface area (Å²) in [5.74, 6) is -1.54. The minimum absolute atomic E-state index is 0.0203. The molecule has 1 aromatic rings. The molecule has 0 aliphatic carbocycles. The summed E-state index contributed by atoms with van der Waals surface area (Å²) >= 11 is 6.32. The van der Waals surface area contributed by atoms with E-state index in [9.17, 15) is 15.2 Å². The number of benzene rings is 1. The molecule has 1 aliphatic heterocycles. The van der Waals surface area contributed by atoms with E-state index >= 15 is 0 Å². The summed E-state index contributed by atoms with van der Waals surface area (Å²) in [6.07, 6.45) is 0. The predicted molar refractivity (Wildman–Crippen MR) is 92.6 cm³/mol. The normalized spacial score (nSPS) is 17.2. The largest absolute Gasteiger partial charge is 0.508 e. The number of rotatable bonds is 3. The van der Waals surface area contributed by atoms with Crippen LogP contribution >= 0.6 is 11.6 Å². The highest BCUT2D eigenvalue weighted by molar-refractivity contribution is 6.32. The van der Waals surface area contributed by atoms with E-state index < -0.39 is 11.9 Å². The summed E-state index contributed by atoms with van der Waals surface area (Å²) in [6.45, 7) is 6.85. The van der Waals surface area contributed by atoms with Crippen molar-refractivity contribution in [1.29, 1.82) is 5.26 Å². The second-order valence-corrected chi connectivity index (χ2v) is 6.06. The number of nitriles is 1. The van der Waals surface area contributed by atoms with Crippen molar-refractivity contribution in [2.75, 3.05) is 6.61 Å². The highest BCUT2D eigenvalue weighted by Gasteiger charge is 2.39. The number of carbonyl (C=O) groups excluding carboxylic acids is 1. The van der Waals surface area contributed by atoms with Gasteiger partial charge in [0, 0.05) is 10.6 Å². The number of hydrogen-bond donors (Lipinski definition) is 2. The molecule has 2 rings (SSSR count). The number of hydrogen-bond acceptors (Lipinski definition) is 6. The van der Waals surface area contributed by atoms with Crippen LogP contribution in [0.15, 0.2) is 28.9 Å². The third kappa shape index (κ3) is 3.15. The molecular formula is C18H19ClN2O4. The maximum atomic E-state index is 12.5. The number of nitrogens with zero attached hydrogens (tertiary/aromatic N) is 1. The molecule has 0 amide bonds. The monoisotopic (exact) mass is 362 g/mol. The smallest absolute Gasteiger partial charge is 0.338 e. The van der Waals surface area contributed by atoms with Gasteiger partial charge in [-0.1, -0.05) is 11.6 Å². The quantitative estimate of drug-likeness (QED) is 0.799. The van der Waals surface area contributed by atoms with Crippen molar-refractivity contribution in [1.82, 2.24) is 0 Å². The Morgan fingerprint density at radius 3 is 2.68 bits per heavy atom. The first-order valence-electron chi connectivity index (χ1n) is 7.68. The number of aromatic hydroxyl groups is 1. The molecule has 0 aromatic heterocycles. The van der Waals surface area contributed by atoms with Gasteiger partial charge < -0.3 is 20.3 Å². The molecule has 132 valence electrons. The third-order valence-corrected chi connectivity index (χ3v) is 4.68. The van der Waals surface area contributed by atoms with Crippen molar-refractivity contribution >= 4 is 17.6 Å². The van der Waals surface area contributed by atoms with Crippen LogP contribution < -0.4 is 5.73 Å². The van der Waals surface area contributed by atoms with Gasteiger partial charge in [0.2, 0.25) is 5.88 Å². The topological polar surface area (TPSA) is 106 Å². The van der Waals surface area contributed by atoms with E-state index in [1.54, 1.807) is 27.7 Å². The Bertz CT molecular complexity index is 850. The minimum atomic E-state index is -0.920. The van der Waals surface area contributed by atoms with Gasteiger partial charge in [-0.15, -0.1) is 0 Å². The second-order valence-electron chi connectivity index (χ2n) is 5.68. The molecular weight excluding hydrogens is 344 g/mol. The molecule has 1 heterocycles. The van der Waals surface area contributed by atoms with Crippen LogP contribution in [0.25, 0.3) is 0 Å².